The summed E-state index contributed by atoms with van der Waals surface area (Å²) in [6, 6.07) is -0.139. The maximum Gasteiger partial charge on any atom is 0.316 e. The van der Waals surface area contributed by atoms with Gasteiger partial charge in [-0.1, -0.05) is 0 Å². The van der Waals surface area contributed by atoms with E-state index >= 15 is 0 Å². The first-order valence-corrected chi connectivity index (χ1v) is 4.14. The van der Waals surface area contributed by atoms with E-state index in [1.165, 1.54) is 9.80 Å². The molecule has 0 aliphatic rings. The van der Waals surface area contributed by atoms with Gasteiger partial charge in [0.05, 0.1) is 0 Å². The van der Waals surface area contributed by atoms with Crippen LogP contribution in [0.2, 0.25) is 0 Å². The lowest BCUT2D eigenvalue weighted by Gasteiger charge is -2.06. The predicted molar refractivity (Wildman–Crippen MR) is 56.3 cm³/mol. The van der Waals surface area contributed by atoms with Crippen molar-refractivity contribution in [1.82, 2.24) is 20.4 Å². The van der Waals surface area contributed by atoms with E-state index < -0.39 is 0 Å². The van der Waals surface area contributed by atoms with Gasteiger partial charge in [0, 0.05) is 42.3 Å². The molecule has 14 heavy (non-hydrogen) atoms. The summed E-state index contributed by atoms with van der Waals surface area (Å²) in [6.45, 7) is 0. The van der Waals surface area contributed by atoms with E-state index in [2.05, 4.69) is 10.6 Å². The maximum absolute atomic E-state index is 10.3. The van der Waals surface area contributed by atoms with Crippen molar-refractivity contribution in [2.45, 2.75) is 0 Å². The van der Waals surface area contributed by atoms with Crippen molar-refractivity contribution in [3.63, 3.8) is 0 Å². The quantitative estimate of drug-likeness (QED) is 0.572. The van der Waals surface area contributed by atoms with Gasteiger partial charge in [0.1, 0.15) is 0 Å². The molecule has 6 nitrogen and oxygen atoms in total. The molecule has 84 valence electrons. The molecular formula is C8H20N4O2. The summed E-state index contributed by atoms with van der Waals surface area (Å²) in [5.74, 6) is 0. The van der Waals surface area contributed by atoms with Crippen molar-refractivity contribution in [2.75, 3.05) is 42.3 Å². The summed E-state index contributed by atoms with van der Waals surface area (Å²) in [4.78, 5) is 23.6. The average molecular weight is 204 g/mol. The monoisotopic (exact) mass is 204 g/mol. The second kappa shape index (κ2) is 8.15. The van der Waals surface area contributed by atoms with Gasteiger partial charge in [0.2, 0.25) is 0 Å². The second-order valence-corrected chi connectivity index (χ2v) is 2.90. The fourth-order valence-electron chi connectivity index (χ4n) is 0.447. The van der Waals surface area contributed by atoms with Gasteiger partial charge in [-0.05, 0) is 0 Å². The Kier molecular flexibility index (Phi) is 8.75. The third-order valence-electron chi connectivity index (χ3n) is 1.24. The number of carbonyl (C=O) groups is 2. The molecule has 0 saturated heterocycles. The first kappa shape index (κ1) is 15.0. The Balaban J connectivity index is 0. The van der Waals surface area contributed by atoms with Crippen LogP contribution >= 0.6 is 0 Å². The molecule has 0 atom stereocenters. The molecule has 0 aromatic rings. The number of amides is 4. The summed E-state index contributed by atoms with van der Waals surface area (Å²) < 4.78 is 0. The molecule has 0 heterocycles. The van der Waals surface area contributed by atoms with Crippen molar-refractivity contribution >= 4 is 12.1 Å². The minimum Gasteiger partial charge on any atom is -0.341 e. The zero-order valence-corrected chi connectivity index (χ0v) is 9.71. The molecule has 6 heteroatoms. The van der Waals surface area contributed by atoms with Gasteiger partial charge < -0.3 is 20.4 Å². The molecule has 0 fully saturated rings. The maximum atomic E-state index is 10.3. The number of nitrogens with one attached hydrogen (secondary N) is 2. The number of hydrogen-bond acceptors (Lipinski definition) is 2. The van der Waals surface area contributed by atoms with Crippen LogP contribution in [0.25, 0.3) is 0 Å². The van der Waals surface area contributed by atoms with Crippen LogP contribution in [0, 0.1) is 0 Å². The standard InChI is InChI=1S/2C4H10N2O/c2*1-5-4(7)6(2)3/h2*1-3H3,(H,5,7). The molecule has 0 unspecified atom stereocenters. The third kappa shape index (κ3) is 8.63. The fourth-order valence-corrected chi connectivity index (χ4v) is 0.447. The minimum absolute atomic E-state index is 0.0694. The first-order valence-electron chi connectivity index (χ1n) is 4.14. The zero-order valence-electron chi connectivity index (χ0n) is 9.71. The lowest BCUT2D eigenvalue weighted by Crippen LogP contribution is -2.31. The molecule has 0 bridgehead atoms. The number of rotatable bonds is 0. The highest BCUT2D eigenvalue weighted by atomic mass is 16.2. The van der Waals surface area contributed by atoms with Gasteiger partial charge in [0.25, 0.3) is 0 Å². The van der Waals surface area contributed by atoms with Crippen molar-refractivity contribution in [3.8, 4) is 0 Å². The summed E-state index contributed by atoms with van der Waals surface area (Å²) in [7, 11) is 9.97. The zero-order chi connectivity index (χ0) is 11.7. The largest absolute Gasteiger partial charge is 0.341 e. The van der Waals surface area contributed by atoms with Crippen LogP contribution < -0.4 is 10.6 Å². The van der Waals surface area contributed by atoms with Gasteiger partial charge >= 0.3 is 12.1 Å². The topological polar surface area (TPSA) is 64.7 Å². The highest BCUT2D eigenvalue weighted by Gasteiger charge is 1.94. The van der Waals surface area contributed by atoms with E-state index in [9.17, 15) is 9.59 Å². The van der Waals surface area contributed by atoms with Crippen molar-refractivity contribution in [3.05, 3.63) is 0 Å². The number of nitrogens with zero attached hydrogens (tertiary/aromatic N) is 2. The Labute approximate surface area is 85.2 Å². The average Bonchev–Trinajstić information content (AvgIpc) is 2.15. The Hall–Kier alpha value is -1.46. The van der Waals surface area contributed by atoms with Gasteiger partial charge in [-0.15, -0.1) is 0 Å². The lowest BCUT2D eigenvalue weighted by atomic mass is 10.8. The highest BCUT2D eigenvalue weighted by Crippen LogP contribution is 1.71. The van der Waals surface area contributed by atoms with E-state index in [0.29, 0.717) is 0 Å². The van der Waals surface area contributed by atoms with Crippen LogP contribution in [-0.2, 0) is 0 Å². The molecular weight excluding hydrogens is 184 g/mol. The molecule has 2 N–H and O–H groups in total. The molecule has 0 radical (unpaired) electrons. The molecule has 4 amide bonds. The molecule has 0 aromatic carbocycles. The summed E-state index contributed by atoms with van der Waals surface area (Å²) in [5, 5.41) is 4.90. The summed E-state index contributed by atoms with van der Waals surface area (Å²) >= 11 is 0. The molecule has 0 spiro atoms. The Bertz CT molecular complexity index is 160. The van der Waals surface area contributed by atoms with E-state index in [1.807, 2.05) is 0 Å². The Morgan fingerprint density at radius 1 is 0.786 bits per heavy atom. The van der Waals surface area contributed by atoms with Crippen molar-refractivity contribution in [1.29, 1.82) is 0 Å². The van der Waals surface area contributed by atoms with Gasteiger partial charge in [-0.2, -0.15) is 0 Å². The molecule has 0 saturated carbocycles. The molecule has 0 aliphatic heterocycles. The van der Waals surface area contributed by atoms with Crippen molar-refractivity contribution < 1.29 is 9.59 Å². The number of hydrogen-bond donors (Lipinski definition) is 2. The van der Waals surface area contributed by atoms with E-state index in [-0.39, 0.29) is 12.1 Å². The minimum atomic E-state index is -0.0694. The van der Waals surface area contributed by atoms with Crippen LogP contribution in [0.5, 0.6) is 0 Å². The fraction of sp³-hybridized carbons (Fsp3) is 0.750. The van der Waals surface area contributed by atoms with Crippen LogP contribution in [0.4, 0.5) is 9.59 Å². The predicted octanol–water partition coefficient (Wildman–Crippen LogP) is -0.225. The van der Waals surface area contributed by atoms with Gasteiger partial charge in [-0.25, -0.2) is 9.59 Å². The smallest absolute Gasteiger partial charge is 0.316 e. The SMILES string of the molecule is CNC(=O)N(C)C.CNC(=O)N(C)C. The van der Waals surface area contributed by atoms with E-state index in [1.54, 1.807) is 42.3 Å². The third-order valence-corrected chi connectivity index (χ3v) is 1.24. The summed E-state index contributed by atoms with van der Waals surface area (Å²) in [6.07, 6.45) is 0. The van der Waals surface area contributed by atoms with Gasteiger partial charge in [-0.3, -0.25) is 0 Å². The molecule has 0 rings (SSSR count). The first-order chi connectivity index (χ1) is 6.36. The van der Waals surface area contributed by atoms with Crippen LogP contribution in [0.1, 0.15) is 0 Å². The molecule has 0 aromatic heterocycles. The Morgan fingerprint density at radius 2 is 1.00 bits per heavy atom. The van der Waals surface area contributed by atoms with Crippen LogP contribution in [0.15, 0.2) is 0 Å². The normalized spacial score (nSPS) is 7.86. The number of carbonyl (C=O) groups excluding carboxylic acids is 2. The van der Waals surface area contributed by atoms with Crippen LogP contribution in [0.3, 0.4) is 0 Å². The number of urea groups is 2. The second-order valence-electron chi connectivity index (χ2n) is 2.90. The molecule has 0 aliphatic carbocycles. The lowest BCUT2D eigenvalue weighted by molar-refractivity contribution is 0.219. The summed E-state index contributed by atoms with van der Waals surface area (Å²) in [5.41, 5.74) is 0. The highest BCUT2D eigenvalue weighted by molar-refractivity contribution is 5.73. The van der Waals surface area contributed by atoms with E-state index in [4.69, 9.17) is 0 Å². The Morgan fingerprint density at radius 3 is 1.00 bits per heavy atom. The van der Waals surface area contributed by atoms with Gasteiger partial charge in [0.15, 0.2) is 0 Å². The van der Waals surface area contributed by atoms with Crippen molar-refractivity contribution in [2.24, 2.45) is 0 Å². The van der Waals surface area contributed by atoms with Crippen LogP contribution in [-0.4, -0.2) is 64.1 Å². The van der Waals surface area contributed by atoms with E-state index in [0.717, 1.165) is 0 Å².